The molecule has 1 heterocycles. The molecule has 0 aromatic heterocycles. The molecule has 0 saturated carbocycles. The van der Waals surface area contributed by atoms with Crippen LogP contribution in [-0.2, 0) is 9.47 Å². The van der Waals surface area contributed by atoms with E-state index in [1.807, 2.05) is 24.3 Å². The lowest BCUT2D eigenvalue weighted by Gasteiger charge is -2.37. The van der Waals surface area contributed by atoms with Gasteiger partial charge in [-0.05, 0) is 31.0 Å². The summed E-state index contributed by atoms with van der Waals surface area (Å²) in [6.45, 7) is 6.21. The Bertz CT molecular complexity index is 391. The number of benzene rings is 1. The first-order chi connectivity index (χ1) is 9.18. The highest BCUT2D eigenvalue weighted by Gasteiger charge is 2.33. The van der Waals surface area contributed by atoms with Gasteiger partial charge in [0.15, 0.2) is 0 Å². The molecule has 1 aliphatic heterocycles. The lowest BCUT2D eigenvalue weighted by Crippen LogP contribution is -2.43. The van der Waals surface area contributed by atoms with E-state index in [0.717, 1.165) is 56.1 Å². The van der Waals surface area contributed by atoms with Crippen molar-refractivity contribution in [2.45, 2.75) is 19.8 Å². The van der Waals surface area contributed by atoms with Gasteiger partial charge in [-0.1, -0.05) is 28.9 Å². The van der Waals surface area contributed by atoms with Crippen molar-refractivity contribution in [3.8, 4) is 5.75 Å². The molecule has 19 heavy (non-hydrogen) atoms. The summed E-state index contributed by atoms with van der Waals surface area (Å²) in [5.41, 5.74) is 0.257. The second-order valence-corrected chi connectivity index (χ2v) is 6.28. The van der Waals surface area contributed by atoms with Gasteiger partial charge >= 0.3 is 0 Å². The Labute approximate surface area is 123 Å². The Morgan fingerprint density at radius 3 is 2.74 bits per heavy atom. The van der Waals surface area contributed by atoms with Crippen LogP contribution in [0.25, 0.3) is 0 Å². The van der Waals surface area contributed by atoms with E-state index in [-0.39, 0.29) is 5.41 Å². The summed E-state index contributed by atoms with van der Waals surface area (Å²) >= 11 is 3.43. The van der Waals surface area contributed by atoms with Crippen LogP contribution in [0.1, 0.15) is 19.8 Å². The van der Waals surface area contributed by atoms with Gasteiger partial charge in [0.1, 0.15) is 5.75 Å². The van der Waals surface area contributed by atoms with Gasteiger partial charge in [0, 0.05) is 16.5 Å². The number of rotatable bonds is 8. The Morgan fingerprint density at radius 1 is 1.26 bits per heavy atom. The van der Waals surface area contributed by atoms with Crippen molar-refractivity contribution < 1.29 is 14.2 Å². The average molecular weight is 329 g/mol. The predicted octanol–water partition coefficient (Wildman–Crippen LogP) is 3.66. The van der Waals surface area contributed by atoms with Crippen molar-refractivity contribution in [1.82, 2.24) is 0 Å². The molecule has 1 fully saturated rings. The first kappa shape index (κ1) is 14.8. The fourth-order valence-electron chi connectivity index (χ4n) is 1.91. The molecular formula is C15H21BrO3. The third-order valence-corrected chi connectivity index (χ3v) is 3.59. The molecule has 4 heteroatoms. The fourth-order valence-corrected chi connectivity index (χ4v) is 2.28. The van der Waals surface area contributed by atoms with Crippen molar-refractivity contribution in [3.63, 3.8) is 0 Å². The zero-order valence-electron chi connectivity index (χ0n) is 11.4. The van der Waals surface area contributed by atoms with Crippen LogP contribution in [0.15, 0.2) is 28.7 Å². The molecule has 0 radical (unpaired) electrons. The van der Waals surface area contributed by atoms with Gasteiger partial charge in [0.2, 0.25) is 0 Å². The standard InChI is InChI=1S/C15H21BrO3/c1-15(11-18-12-15)10-17-7-2-3-8-19-14-6-4-5-13(16)9-14/h4-6,9H,2-3,7-8,10-12H2,1H3. The quantitative estimate of drug-likeness (QED) is 0.681. The third-order valence-electron chi connectivity index (χ3n) is 3.10. The van der Waals surface area contributed by atoms with Crippen LogP contribution >= 0.6 is 15.9 Å². The summed E-state index contributed by atoms with van der Waals surface area (Å²) in [4.78, 5) is 0. The molecule has 0 unspecified atom stereocenters. The van der Waals surface area contributed by atoms with Gasteiger partial charge in [-0.2, -0.15) is 0 Å². The van der Waals surface area contributed by atoms with Gasteiger partial charge in [-0.3, -0.25) is 0 Å². The minimum Gasteiger partial charge on any atom is -0.494 e. The van der Waals surface area contributed by atoms with Crippen LogP contribution in [0.3, 0.4) is 0 Å². The summed E-state index contributed by atoms with van der Waals surface area (Å²) in [6, 6.07) is 7.92. The number of hydrogen-bond donors (Lipinski definition) is 0. The maximum absolute atomic E-state index is 5.67. The molecule has 0 amide bonds. The molecule has 1 saturated heterocycles. The van der Waals surface area contributed by atoms with Crippen LogP contribution in [0.5, 0.6) is 5.75 Å². The average Bonchev–Trinajstić information content (AvgIpc) is 2.35. The minimum atomic E-state index is 0.257. The van der Waals surface area contributed by atoms with Crippen molar-refractivity contribution in [1.29, 1.82) is 0 Å². The zero-order valence-corrected chi connectivity index (χ0v) is 12.9. The van der Waals surface area contributed by atoms with Gasteiger partial charge in [0.05, 0.1) is 26.4 Å². The molecule has 0 spiro atoms. The summed E-state index contributed by atoms with van der Waals surface area (Å²) in [7, 11) is 0. The first-order valence-electron chi connectivity index (χ1n) is 6.72. The van der Waals surface area contributed by atoms with Crippen LogP contribution in [0.2, 0.25) is 0 Å². The van der Waals surface area contributed by atoms with Crippen molar-refractivity contribution in [2.24, 2.45) is 5.41 Å². The monoisotopic (exact) mass is 328 g/mol. The van der Waals surface area contributed by atoms with Gasteiger partial charge in [-0.25, -0.2) is 0 Å². The Hall–Kier alpha value is -0.580. The molecule has 0 N–H and O–H groups in total. The first-order valence-corrected chi connectivity index (χ1v) is 7.51. The van der Waals surface area contributed by atoms with E-state index in [9.17, 15) is 0 Å². The van der Waals surface area contributed by atoms with Crippen molar-refractivity contribution in [2.75, 3.05) is 33.0 Å². The Balaban J connectivity index is 1.48. The molecule has 1 aliphatic rings. The number of unbranched alkanes of at least 4 members (excludes halogenated alkanes) is 1. The van der Waals surface area contributed by atoms with Gasteiger partial charge in [0.25, 0.3) is 0 Å². The molecule has 0 bridgehead atoms. The summed E-state index contributed by atoms with van der Waals surface area (Å²) in [6.07, 6.45) is 2.05. The lowest BCUT2D eigenvalue weighted by atomic mass is 9.90. The molecule has 0 aliphatic carbocycles. The van der Waals surface area contributed by atoms with Crippen molar-refractivity contribution >= 4 is 15.9 Å². The highest BCUT2D eigenvalue weighted by molar-refractivity contribution is 9.10. The highest BCUT2D eigenvalue weighted by atomic mass is 79.9. The molecule has 0 atom stereocenters. The molecular weight excluding hydrogens is 308 g/mol. The molecule has 1 aromatic carbocycles. The smallest absolute Gasteiger partial charge is 0.120 e. The molecule has 2 rings (SSSR count). The van der Waals surface area contributed by atoms with E-state index < -0.39 is 0 Å². The van der Waals surface area contributed by atoms with E-state index in [4.69, 9.17) is 14.2 Å². The van der Waals surface area contributed by atoms with E-state index in [2.05, 4.69) is 22.9 Å². The van der Waals surface area contributed by atoms with E-state index >= 15 is 0 Å². The maximum atomic E-state index is 5.67. The second kappa shape index (κ2) is 7.27. The highest BCUT2D eigenvalue weighted by Crippen LogP contribution is 2.26. The largest absolute Gasteiger partial charge is 0.494 e. The fraction of sp³-hybridized carbons (Fsp3) is 0.600. The summed E-state index contributed by atoms with van der Waals surface area (Å²) in [5, 5.41) is 0. The summed E-state index contributed by atoms with van der Waals surface area (Å²) < 4.78 is 17.6. The van der Waals surface area contributed by atoms with Crippen LogP contribution in [0, 0.1) is 5.41 Å². The van der Waals surface area contributed by atoms with E-state index in [1.165, 1.54) is 0 Å². The van der Waals surface area contributed by atoms with Gasteiger partial charge in [-0.15, -0.1) is 0 Å². The zero-order chi connectivity index (χ0) is 13.6. The minimum absolute atomic E-state index is 0.257. The Kier molecular flexibility index (Phi) is 5.67. The van der Waals surface area contributed by atoms with Crippen molar-refractivity contribution in [3.05, 3.63) is 28.7 Å². The Morgan fingerprint density at radius 2 is 2.05 bits per heavy atom. The second-order valence-electron chi connectivity index (χ2n) is 5.37. The maximum Gasteiger partial charge on any atom is 0.120 e. The molecule has 106 valence electrons. The SMILES string of the molecule is CC1(COCCCCOc2cccc(Br)c2)COC1. The third kappa shape index (κ3) is 5.13. The number of hydrogen-bond acceptors (Lipinski definition) is 3. The van der Waals surface area contributed by atoms with E-state index in [0.29, 0.717) is 0 Å². The van der Waals surface area contributed by atoms with E-state index in [1.54, 1.807) is 0 Å². The van der Waals surface area contributed by atoms with Crippen LogP contribution in [0.4, 0.5) is 0 Å². The topological polar surface area (TPSA) is 27.7 Å². The summed E-state index contributed by atoms with van der Waals surface area (Å²) in [5.74, 6) is 0.912. The molecule has 3 nitrogen and oxygen atoms in total. The normalized spacial score (nSPS) is 16.9. The number of ether oxygens (including phenoxy) is 3. The molecule has 1 aromatic rings. The van der Waals surface area contributed by atoms with Crippen LogP contribution < -0.4 is 4.74 Å². The predicted molar refractivity (Wildman–Crippen MR) is 78.6 cm³/mol. The van der Waals surface area contributed by atoms with Crippen LogP contribution in [-0.4, -0.2) is 33.0 Å². The van der Waals surface area contributed by atoms with Gasteiger partial charge < -0.3 is 14.2 Å². The number of halogens is 1. The lowest BCUT2D eigenvalue weighted by molar-refractivity contribution is -0.138.